The molecule has 1 amide bonds. The smallest absolute Gasteiger partial charge is 0.284 e. The van der Waals surface area contributed by atoms with Crippen molar-refractivity contribution in [3.63, 3.8) is 0 Å². The van der Waals surface area contributed by atoms with Crippen LogP contribution in [0, 0.1) is 0 Å². The van der Waals surface area contributed by atoms with Crippen LogP contribution < -0.4 is 5.32 Å². The Morgan fingerprint density at radius 2 is 2.06 bits per heavy atom. The molecule has 100 valence electrons. The van der Waals surface area contributed by atoms with Crippen LogP contribution in [0.3, 0.4) is 0 Å². The number of rotatable bonds is 3. The number of anilines is 1. The van der Waals surface area contributed by atoms with Gasteiger partial charge in [-0.2, -0.15) is 0 Å². The lowest BCUT2D eigenvalue weighted by molar-refractivity contribution is 0.0662. The van der Waals surface area contributed by atoms with Gasteiger partial charge in [0.05, 0.1) is 0 Å². The monoisotopic (exact) mass is 269 g/mol. The van der Waals surface area contributed by atoms with Crippen molar-refractivity contribution in [1.82, 2.24) is 20.0 Å². The van der Waals surface area contributed by atoms with Gasteiger partial charge in [0.25, 0.3) is 5.91 Å². The third-order valence-corrected chi connectivity index (χ3v) is 4.23. The molecule has 1 aliphatic rings. The summed E-state index contributed by atoms with van der Waals surface area (Å²) in [6, 6.07) is 0.580. The number of hydrogen-bond donors (Lipinski definition) is 1. The number of likely N-dealkylation sites (tertiary alicyclic amines) is 1. The second-order valence-corrected chi connectivity index (χ2v) is 5.63. The maximum absolute atomic E-state index is 12.2. The van der Waals surface area contributed by atoms with E-state index in [1.54, 1.807) is 7.05 Å². The molecule has 7 heteroatoms. The van der Waals surface area contributed by atoms with Crippen LogP contribution in [0.2, 0.25) is 0 Å². The standard InChI is InChI=1S/C11H19N5OS/c1-12-11-14-13-9(18-11)10(17)16-6-4-8(5-7-16)15(2)3/h8H,4-7H2,1-3H3,(H,12,14). The fourth-order valence-electron chi connectivity index (χ4n) is 2.13. The third-order valence-electron chi connectivity index (χ3n) is 3.30. The van der Waals surface area contributed by atoms with E-state index in [-0.39, 0.29) is 5.91 Å². The maximum Gasteiger partial charge on any atom is 0.284 e. The van der Waals surface area contributed by atoms with Gasteiger partial charge in [-0.05, 0) is 26.9 Å². The molecule has 1 aromatic heterocycles. The van der Waals surface area contributed by atoms with Crippen molar-refractivity contribution in [1.29, 1.82) is 0 Å². The number of piperidine rings is 1. The summed E-state index contributed by atoms with van der Waals surface area (Å²) < 4.78 is 0. The van der Waals surface area contributed by atoms with E-state index < -0.39 is 0 Å². The Hall–Kier alpha value is -1.21. The number of carbonyl (C=O) groups is 1. The molecule has 18 heavy (non-hydrogen) atoms. The molecule has 2 heterocycles. The Bertz CT molecular complexity index is 411. The molecule has 1 N–H and O–H groups in total. The van der Waals surface area contributed by atoms with Crippen molar-refractivity contribution in [2.24, 2.45) is 0 Å². The van der Waals surface area contributed by atoms with Gasteiger partial charge in [0.15, 0.2) is 0 Å². The first kappa shape index (κ1) is 13.2. The van der Waals surface area contributed by atoms with Crippen molar-refractivity contribution >= 4 is 22.4 Å². The Morgan fingerprint density at radius 3 is 2.56 bits per heavy atom. The van der Waals surface area contributed by atoms with Crippen molar-refractivity contribution < 1.29 is 4.79 Å². The molecule has 0 unspecified atom stereocenters. The molecule has 0 bridgehead atoms. The Labute approximate surface area is 111 Å². The molecule has 1 fully saturated rings. The summed E-state index contributed by atoms with van der Waals surface area (Å²) in [5, 5.41) is 11.9. The SMILES string of the molecule is CNc1nnc(C(=O)N2CCC(N(C)C)CC2)s1. The fraction of sp³-hybridized carbons (Fsp3) is 0.727. The van der Waals surface area contributed by atoms with Crippen molar-refractivity contribution in [3.05, 3.63) is 5.01 Å². The zero-order valence-electron chi connectivity index (χ0n) is 11.0. The summed E-state index contributed by atoms with van der Waals surface area (Å²) >= 11 is 1.31. The third kappa shape index (κ3) is 2.78. The van der Waals surface area contributed by atoms with Gasteiger partial charge in [-0.25, -0.2) is 0 Å². The molecular formula is C11H19N5OS. The zero-order chi connectivity index (χ0) is 13.1. The minimum atomic E-state index is 0.00575. The summed E-state index contributed by atoms with van der Waals surface area (Å²) in [5.74, 6) is 0.00575. The highest BCUT2D eigenvalue weighted by Crippen LogP contribution is 2.20. The van der Waals surface area contributed by atoms with Crippen LogP contribution >= 0.6 is 11.3 Å². The van der Waals surface area contributed by atoms with Crippen LogP contribution in [-0.2, 0) is 0 Å². The van der Waals surface area contributed by atoms with Crippen LogP contribution in [0.25, 0.3) is 0 Å². The lowest BCUT2D eigenvalue weighted by atomic mass is 10.0. The number of aromatic nitrogens is 2. The molecule has 1 aromatic rings. The van der Waals surface area contributed by atoms with Gasteiger partial charge in [-0.15, -0.1) is 10.2 Å². The number of nitrogens with zero attached hydrogens (tertiary/aromatic N) is 4. The molecule has 0 radical (unpaired) electrons. The first-order valence-corrected chi connectivity index (χ1v) is 6.90. The normalized spacial score (nSPS) is 17.2. The highest BCUT2D eigenvalue weighted by atomic mass is 32.1. The Balaban J connectivity index is 1.95. The van der Waals surface area contributed by atoms with Gasteiger partial charge in [0, 0.05) is 26.2 Å². The largest absolute Gasteiger partial charge is 0.363 e. The van der Waals surface area contributed by atoms with E-state index in [9.17, 15) is 4.79 Å². The molecule has 0 atom stereocenters. The van der Waals surface area contributed by atoms with Gasteiger partial charge in [-0.1, -0.05) is 11.3 Å². The van der Waals surface area contributed by atoms with Gasteiger partial charge in [0.1, 0.15) is 0 Å². The van der Waals surface area contributed by atoms with E-state index in [1.807, 2.05) is 4.90 Å². The molecule has 1 aliphatic heterocycles. The predicted molar refractivity (Wildman–Crippen MR) is 72.1 cm³/mol. The molecule has 0 aliphatic carbocycles. The highest BCUT2D eigenvalue weighted by molar-refractivity contribution is 7.17. The second kappa shape index (κ2) is 5.62. The summed E-state index contributed by atoms with van der Waals surface area (Å²) in [6.45, 7) is 1.60. The Kier molecular flexibility index (Phi) is 4.13. The lowest BCUT2D eigenvalue weighted by Gasteiger charge is -2.34. The van der Waals surface area contributed by atoms with E-state index in [0.717, 1.165) is 25.9 Å². The average molecular weight is 269 g/mol. The van der Waals surface area contributed by atoms with Crippen LogP contribution in [0.15, 0.2) is 0 Å². The van der Waals surface area contributed by atoms with E-state index >= 15 is 0 Å². The number of hydrogen-bond acceptors (Lipinski definition) is 6. The van der Waals surface area contributed by atoms with Gasteiger partial charge in [-0.3, -0.25) is 4.79 Å². The van der Waals surface area contributed by atoms with Crippen molar-refractivity contribution in [2.75, 3.05) is 39.5 Å². The zero-order valence-corrected chi connectivity index (χ0v) is 11.8. The summed E-state index contributed by atoms with van der Waals surface area (Å²) in [4.78, 5) is 16.3. The van der Waals surface area contributed by atoms with E-state index in [4.69, 9.17) is 0 Å². The topological polar surface area (TPSA) is 61.4 Å². The minimum Gasteiger partial charge on any atom is -0.363 e. The maximum atomic E-state index is 12.2. The fourth-order valence-corrected chi connectivity index (χ4v) is 2.80. The predicted octanol–water partition coefficient (Wildman–Crippen LogP) is 0.746. The van der Waals surface area contributed by atoms with Gasteiger partial charge in [0.2, 0.25) is 10.1 Å². The van der Waals surface area contributed by atoms with Crippen LogP contribution in [0.1, 0.15) is 22.6 Å². The highest BCUT2D eigenvalue weighted by Gasteiger charge is 2.26. The number of amides is 1. The molecule has 0 saturated carbocycles. The van der Waals surface area contributed by atoms with Crippen LogP contribution in [0.5, 0.6) is 0 Å². The van der Waals surface area contributed by atoms with Gasteiger partial charge >= 0.3 is 0 Å². The molecule has 0 spiro atoms. The summed E-state index contributed by atoms with van der Waals surface area (Å²) in [6.07, 6.45) is 2.05. The molecule has 1 saturated heterocycles. The molecular weight excluding hydrogens is 250 g/mol. The molecule has 6 nitrogen and oxygen atoms in total. The van der Waals surface area contributed by atoms with Crippen LogP contribution in [-0.4, -0.2) is 66.2 Å². The average Bonchev–Trinajstić information content (AvgIpc) is 2.86. The molecule has 0 aromatic carbocycles. The summed E-state index contributed by atoms with van der Waals surface area (Å²) in [7, 11) is 5.95. The van der Waals surface area contributed by atoms with Gasteiger partial charge < -0.3 is 15.1 Å². The number of nitrogens with one attached hydrogen (secondary N) is 1. The van der Waals surface area contributed by atoms with E-state index in [0.29, 0.717) is 16.2 Å². The number of carbonyl (C=O) groups excluding carboxylic acids is 1. The second-order valence-electron chi connectivity index (χ2n) is 4.65. The quantitative estimate of drug-likeness (QED) is 0.877. The lowest BCUT2D eigenvalue weighted by Crippen LogP contribution is -2.44. The van der Waals surface area contributed by atoms with E-state index in [2.05, 4.69) is 34.5 Å². The van der Waals surface area contributed by atoms with Crippen LogP contribution in [0.4, 0.5) is 5.13 Å². The van der Waals surface area contributed by atoms with Crippen molar-refractivity contribution in [2.45, 2.75) is 18.9 Å². The van der Waals surface area contributed by atoms with E-state index in [1.165, 1.54) is 11.3 Å². The first-order chi connectivity index (χ1) is 8.61. The first-order valence-electron chi connectivity index (χ1n) is 6.08. The Morgan fingerprint density at radius 1 is 1.39 bits per heavy atom. The minimum absolute atomic E-state index is 0.00575. The summed E-state index contributed by atoms with van der Waals surface area (Å²) in [5.41, 5.74) is 0. The molecule has 2 rings (SSSR count). The van der Waals surface area contributed by atoms with Crippen molar-refractivity contribution in [3.8, 4) is 0 Å².